The molecule has 126 valence electrons. The quantitative estimate of drug-likeness (QED) is 0.853. The molecule has 0 saturated carbocycles. The summed E-state index contributed by atoms with van der Waals surface area (Å²) in [5, 5.41) is 19.0. The maximum atomic E-state index is 9.60. The number of hydrogen-bond donors (Lipinski definition) is 1. The molecule has 1 aliphatic heterocycles. The van der Waals surface area contributed by atoms with Gasteiger partial charge in [-0.15, -0.1) is 0 Å². The lowest BCUT2D eigenvalue weighted by molar-refractivity contribution is 0.134. The van der Waals surface area contributed by atoms with Crippen molar-refractivity contribution in [1.82, 2.24) is 4.98 Å². The van der Waals surface area contributed by atoms with Crippen LogP contribution < -0.4 is 5.73 Å². The van der Waals surface area contributed by atoms with E-state index in [1.165, 1.54) is 11.1 Å². The molecule has 5 nitrogen and oxygen atoms in total. The minimum atomic E-state index is 0.167. The van der Waals surface area contributed by atoms with E-state index < -0.39 is 0 Å². The van der Waals surface area contributed by atoms with Crippen LogP contribution in [-0.2, 0) is 18.0 Å². The first-order chi connectivity index (χ1) is 12.5. The topological polar surface area (TPSA) is 95.7 Å². The lowest BCUT2D eigenvalue weighted by Gasteiger charge is -2.11. The molecule has 2 N–H and O–H groups in total. The molecule has 0 radical (unpaired) electrons. The van der Waals surface area contributed by atoms with E-state index in [0.29, 0.717) is 30.0 Å². The fourth-order valence-electron chi connectivity index (χ4n) is 3.64. The Morgan fingerprint density at radius 3 is 2.65 bits per heavy atom. The standard InChI is InChI=1S/C21H16N4O/c1-11-16(6-13-3-4-14-9-26-10-15(14)5-13)19-12(2)18(8-23)21(24)25-20(19)17(11)7-22/h3-6H,9-10H2,1-2H3,(H2,24,25). The van der Waals surface area contributed by atoms with Gasteiger partial charge in [-0.05, 0) is 59.4 Å². The number of benzene rings is 1. The second kappa shape index (κ2) is 5.84. The van der Waals surface area contributed by atoms with Gasteiger partial charge >= 0.3 is 0 Å². The van der Waals surface area contributed by atoms with Crippen LogP contribution in [-0.4, -0.2) is 4.98 Å². The Kier molecular flexibility index (Phi) is 3.61. The Hall–Kier alpha value is -3.41. The molecule has 2 aromatic rings. The van der Waals surface area contributed by atoms with E-state index in [1.807, 2.05) is 26.0 Å². The summed E-state index contributed by atoms with van der Waals surface area (Å²) >= 11 is 0. The summed E-state index contributed by atoms with van der Waals surface area (Å²) in [4.78, 5) is 4.35. The molecule has 0 saturated heterocycles. The molecular formula is C21H16N4O. The Balaban J connectivity index is 1.95. The van der Waals surface area contributed by atoms with E-state index in [2.05, 4.69) is 29.3 Å². The van der Waals surface area contributed by atoms with Gasteiger partial charge < -0.3 is 10.5 Å². The fourth-order valence-corrected chi connectivity index (χ4v) is 3.64. The van der Waals surface area contributed by atoms with Crippen molar-refractivity contribution in [3.05, 3.63) is 62.8 Å². The van der Waals surface area contributed by atoms with Crippen molar-refractivity contribution in [2.24, 2.45) is 0 Å². The van der Waals surface area contributed by atoms with Gasteiger partial charge in [0, 0.05) is 5.56 Å². The molecule has 5 heteroatoms. The number of anilines is 1. The van der Waals surface area contributed by atoms with Crippen LogP contribution in [0, 0.1) is 29.6 Å². The van der Waals surface area contributed by atoms with Crippen molar-refractivity contribution >= 4 is 23.0 Å². The van der Waals surface area contributed by atoms with E-state index >= 15 is 0 Å². The van der Waals surface area contributed by atoms with E-state index in [1.54, 1.807) is 0 Å². The molecule has 2 aliphatic rings. The lowest BCUT2D eigenvalue weighted by Crippen LogP contribution is -2.03. The van der Waals surface area contributed by atoms with Crippen LogP contribution in [0.3, 0.4) is 0 Å². The van der Waals surface area contributed by atoms with Crippen molar-refractivity contribution in [3.63, 3.8) is 0 Å². The summed E-state index contributed by atoms with van der Waals surface area (Å²) < 4.78 is 5.48. The van der Waals surface area contributed by atoms with Crippen molar-refractivity contribution < 1.29 is 4.74 Å². The Labute approximate surface area is 151 Å². The third-order valence-electron chi connectivity index (χ3n) is 5.04. The number of nitrogens with two attached hydrogens (primary N) is 1. The zero-order chi connectivity index (χ0) is 18.4. The molecule has 0 spiro atoms. The smallest absolute Gasteiger partial charge is 0.142 e. The molecule has 0 bridgehead atoms. The highest BCUT2D eigenvalue weighted by Crippen LogP contribution is 2.44. The number of pyridine rings is 1. The fraction of sp³-hybridized carbons (Fsp3) is 0.190. The number of ether oxygens (including phenoxy) is 1. The monoisotopic (exact) mass is 340 g/mol. The molecule has 4 rings (SSSR count). The summed E-state index contributed by atoms with van der Waals surface area (Å²) in [5.41, 5.74) is 14.1. The highest BCUT2D eigenvalue weighted by Gasteiger charge is 2.29. The molecule has 2 heterocycles. The number of rotatable bonds is 1. The van der Waals surface area contributed by atoms with Gasteiger partial charge in [0.15, 0.2) is 0 Å². The normalized spacial score (nSPS) is 16.4. The Morgan fingerprint density at radius 1 is 1.15 bits per heavy atom. The second-order valence-corrected chi connectivity index (χ2v) is 6.52. The van der Waals surface area contributed by atoms with Crippen LogP contribution in [0.25, 0.3) is 17.2 Å². The van der Waals surface area contributed by atoms with Crippen LogP contribution >= 0.6 is 0 Å². The highest BCUT2D eigenvalue weighted by atomic mass is 16.5. The number of allylic oxidation sites excluding steroid dienone is 3. The van der Waals surface area contributed by atoms with Gasteiger partial charge in [0.2, 0.25) is 0 Å². The van der Waals surface area contributed by atoms with Crippen molar-refractivity contribution in [2.75, 3.05) is 5.73 Å². The van der Waals surface area contributed by atoms with Gasteiger partial charge in [-0.2, -0.15) is 10.5 Å². The average molecular weight is 340 g/mol. The Bertz CT molecular complexity index is 1110. The summed E-state index contributed by atoms with van der Waals surface area (Å²) in [6, 6.07) is 10.6. The van der Waals surface area contributed by atoms with Gasteiger partial charge in [0.1, 0.15) is 18.0 Å². The largest absolute Gasteiger partial charge is 0.383 e. The number of aromatic nitrogens is 1. The summed E-state index contributed by atoms with van der Waals surface area (Å²) in [6.07, 6.45) is 2.04. The third kappa shape index (κ3) is 2.23. The van der Waals surface area contributed by atoms with Crippen molar-refractivity contribution in [2.45, 2.75) is 27.1 Å². The molecule has 0 atom stereocenters. The zero-order valence-corrected chi connectivity index (χ0v) is 14.6. The summed E-state index contributed by atoms with van der Waals surface area (Å²) in [7, 11) is 0. The first-order valence-electron chi connectivity index (χ1n) is 8.28. The average Bonchev–Trinajstić information content (AvgIpc) is 3.18. The molecular weight excluding hydrogens is 324 g/mol. The maximum Gasteiger partial charge on any atom is 0.142 e. The van der Waals surface area contributed by atoms with Crippen molar-refractivity contribution in [1.29, 1.82) is 10.5 Å². The molecule has 1 aromatic carbocycles. The third-order valence-corrected chi connectivity index (χ3v) is 5.04. The Morgan fingerprint density at radius 2 is 1.92 bits per heavy atom. The highest BCUT2D eigenvalue weighted by molar-refractivity contribution is 6.08. The number of hydrogen-bond acceptors (Lipinski definition) is 5. The zero-order valence-electron chi connectivity index (χ0n) is 14.6. The molecule has 0 unspecified atom stereocenters. The summed E-state index contributed by atoms with van der Waals surface area (Å²) in [6.45, 7) is 5.04. The van der Waals surface area contributed by atoms with Gasteiger partial charge in [-0.3, -0.25) is 0 Å². The van der Waals surface area contributed by atoms with Crippen LogP contribution in [0.15, 0.2) is 23.8 Å². The molecule has 26 heavy (non-hydrogen) atoms. The molecule has 0 fully saturated rings. The first-order valence-corrected chi connectivity index (χ1v) is 8.28. The van der Waals surface area contributed by atoms with Crippen LogP contribution in [0.4, 0.5) is 5.82 Å². The first kappa shape index (κ1) is 16.1. The van der Waals surface area contributed by atoms with Crippen LogP contribution in [0.5, 0.6) is 0 Å². The number of nitrogens with zero attached hydrogens (tertiary/aromatic N) is 3. The number of nitrogen functional groups attached to an aromatic ring is 1. The van der Waals surface area contributed by atoms with Gasteiger partial charge in [0.25, 0.3) is 0 Å². The molecule has 0 amide bonds. The minimum absolute atomic E-state index is 0.167. The second-order valence-electron chi connectivity index (χ2n) is 6.52. The van der Waals surface area contributed by atoms with E-state index in [0.717, 1.165) is 27.8 Å². The van der Waals surface area contributed by atoms with E-state index in [-0.39, 0.29) is 5.82 Å². The lowest BCUT2D eigenvalue weighted by atomic mass is 9.95. The van der Waals surface area contributed by atoms with E-state index in [9.17, 15) is 10.5 Å². The van der Waals surface area contributed by atoms with Gasteiger partial charge in [-0.25, -0.2) is 4.98 Å². The summed E-state index contributed by atoms with van der Waals surface area (Å²) in [5.74, 6) is 0.167. The van der Waals surface area contributed by atoms with E-state index in [4.69, 9.17) is 10.5 Å². The number of fused-ring (bicyclic) bond motifs is 2. The molecule has 1 aliphatic carbocycles. The minimum Gasteiger partial charge on any atom is -0.383 e. The van der Waals surface area contributed by atoms with Crippen LogP contribution in [0.1, 0.15) is 46.0 Å². The van der Waals surface area contributed by atoms with Crippen LogP contribution in [0.2, 0.25) is 0 Å². The van der Waals surface area contributed by atoms with Gasteiger partial charge in [-0.1, -0.05) is 12.1 Å². The molecule has 1 aromatic heterocycles. The maximum absolute atomic E-state index is 9.60. The SMILES string of the molecule is CC1=C(C#N)c2nc(N)c(C#N)c(C)c2C1=Cc1ccc2c(c1)COC2. The van der Waals surface area contributed by atoms with Gasteiger partial charge in [0.05, 0.1) is 30.0 Å². The number of nitriles is 2. The predicted molar refractivity (Wildman–Crippen MR) is 99.1 cm³/mol. The predicted octanol–water partition coefficient (Wildman–Crippen LogP) is 3.73. The van der Waals surface area contributed by atoms with Crippen molar-refractivity contribution in [3.8, 4) is 12.1 Å².